The molecular formula is C23H22N2O5S. The van der Waals surface area contributed by atoms with E-state index in [-0.39, 0.29) is 12.3 Å². The van der Waals surface area contributed by atoms with Crippen LogP contribution in [-0.2, 0) is 23.2 Å². The van der Waals surface area contributed by atoms with Crippen molar-refractivity contribution in [3.05, 3.63) is 102 Å². The van der Waals surface area contributed by atoms with Crippen molar-refractivity contribution < 1.29 is 23.0 Å². The zero-order valence-electron chi connectivity index (χ0n) is 16.6. The zero-order chi connectivity index (χ0) is 21.7. The first-order valence-electron chi connectivity index (χ1n) is 9.72. The van der Waals surface area contributed by atoms with Gasteiger partial charge in [0.1, 0.15) is 23.8 Å². The van der Waals surface area contributed by atoms with Crippen LogP contribution in [0.15, 0.2) is 90.9 Å². The van der Waals surface area contributed by atoms with E-state index in [1.807, 2.05) is 65.4 Å². The van der Waals surface area contributed by atoms with Crippen LogP contribution in [0.25, 0.3) is 0 Å². The number of hydrogen-bond donors (Lipinski definition) is 2. The summed E-state index contributed by atoms with van der Waals surface area (Å²) >= 11 is 0. The summed E-state index contributed by atoms with van der Waals surface area (Å²) in [5.74, 6) is 0.412. The van der Waals surface area contributed by atoms with Gasteiger partial charge >= 0.3 is 10.2 Å². The Labute approximate surface area is 181 Å². The normalized spacial score (nSPS) is 14.6. The third-order valence-electron chi connectivity index (χ3n) is 4.64. The molecule has 1 aliphatic rings. The highest BCUT2D eigenvalue weighted by atomic mass is 32.2. The molecule has 0 fully saturated rings. The van der Waals surface area contributed by atoms with Gasteiger partial charge in [-0.05, 0) is 23.3 Å². The lowest BCUT2D eigenvalue weighted by Crippen LogP contribution is -2.29. The molecule has 0 radical (unpaired) electrons. The van der Waals surface area contributed by atoms with Crippen LogP contribution >= 0.6 is 0 Å². The van der Waals surface area contributed by atoms with Gasteiger partial charge in [-0.15, -0.1) is 0 Å². The molecule has 160 valence electrons. The Morgan fingerprint density at radius 2 is 1.55 bits per heavy atom. The highest BCUT2D eigenvalue weighted by Gasteiger charge is 2.31. The smallest absolute Gasteiger partial charge is 0.330 e. The van der Waals surface area contributed by atoms with Gasteiger partial charge in [-0.25, -0.2) is 9.03 Å². The Kier molecular flexibility index (Phi) is 5.99. The molecular weight excluding hydrogens is 416 g/mol. The number of hydrogen-bond acceptors (Lipinski definition) is 5. The topological polar surface area (TPSA) is 88.1 Å². The third-order valence-corrected chi connectivity index (χ3v) is 5.93. The van der Waals surface area contributed by atoms with E-state index < -0.39 is 16.1 Å². The van der Waals surface area contributed by atoms with Gasteiger partial charge in [-0.1, -0.05) is 60.7 Å². The van der Waals surface area contributed by atoms with Crippen LogP contribution in [0, 0.1) is 0 Å². The molecule has 0 unspecified atom stereocenters. The summed E-state index contributed by atoms with van der Waals surface area (Å²) in [7, 11) is -3.94. The molecule has 31 heavy (non-hydrogen) atoms. The molecule has 4 rings (SSSR count). The first-order valence-corrected chi connectivity index (χ1v) is 11.2. The van der Waals surface area contributed by atoms with Gasteiger partial charge in [0.05, 0.1) is 12.8 Å². The minimum absolute atomic E-state index is 0.248. The van der Waals surface area contributed by atoms with Crippen molar-refractivity contribution >= 4 is 15.9 Å². The monoisotopic (exact) mass is 438 g/mol. The Bertz CT molecular complexity index is 1170. The van der Waals surface area contributed by atoms with Gasteiger partial charge in [0.2, 0.25) is 5.88 Å². The molecule has 0 amide bonds. The van der Waals surface area contributed by atoms with Crippen molar-refractivity contribution in [2.24, 2.45) is 0 Å². The van der Waals surface area contributed by atoms with E-state index in [1.165, 1.54) is 0 Å². The summed E-state index contributed by atoms with van der Waals surface area (Å²) in [6, 6.07) is 24.5. The largest absolute Gasteiger partial charge is 0.493 e. The fourth-order valence-electron chi connectivity index (χ4n) is 3.14. The summed E-state index contributed by atoms with van der Waals surface area (Å²) < 4.78 is 39.4. The lowest BCUT2D eigenvalue weighted by atomic mass is 10.2. The standard InChI is InChI=1S/C23H22N2O5S/c26-23-16-25(31(27,28)24-23)21-12-11-20(29-14-13-18-7-3-1-4-8-18)15-22(21)30-17-19-9-5-2-6-10-19/h1-12,15-16,24,26H,13-14,17H2. The Morgan fingerprint density at radius 3 is 2.19 bits per heavy atom. The molecule has 2 N–H and O–H groups in total. The number of ether oxygens (including phenoxy) is 2. The van der Waals surface area contributed by atoms with E-state index in [0.717, 1.165) is 28.1 Å². The quantitative estimate of drug-likeness (QED) is 0.557. The fraction of sp³-hybridized carbons (Fsp3) is 0.130. The second-order valence-electron chi connectivity index (χ2n) is 6.91. The van der Waals surface area contributed by atoms with E-state index in [2.05, 4.69) is 0 Å². The summed E-state index contributed by atoms with van der Waals surface area (Å²) in [5.41, 5.74) is 2.36. The van der Waals surface area contributed by atoms with Gasteiger partial charge in [0.15, 0.2) is 0 Å². The second kappa shape index (κ2) is 9.01. The average Bonchev–Trinajstić information content (AvgIpc) is 3.05. The number of benzene rings is 3. The highest BCUT2D eigenvalue weighted by molar-refractivity contribution is 7.91. The van der Waals surface area contributed by atoms with E-state index in [9.17, 15) is 13.5 Å². The zero-order valence-corrected chi connectivity index (χ0v) is 17.5. The van der Waals surface area contributed by atoms with Gasteiger partial charge in [-0.2, -0.15) is 8.42 Å². The van der Waals surface area contributed by atoms with Crippen LogP contribution in [-0.4, -0.2) is 20.1 Å². The number of nitrogens with one attached hydrogen (secondary N) is 1. The molecule has 0 spiro atoms. The van der Waals surface area contributed by atoms with Crippen molar-refractivity contribution in [3.8, 4) is 11.5 Å². The molecule has 7 nitrogen and oxygen atoms in total. The molecule has 3 aromatic rings. The van der Waals surface area contributed by atoms with Crippen molar-refractivity contribution in [3.63, 3.8) is 0 Å². The van der Waals surface area contributed by atoms with Crippen LogP contribution in [0.5, 0.6) is 11.5 Å². The van der Waals surface area contributed by atoms with Crippen molar-refractivity contribution in [2.75, 3.05) is 10.9 Å². The van der Waals surface area contributed by atoms with Crippen molar-refractivity contribution in [2.45, 2.75) is 13.0 Å². The molecule has 1 aliphatic heterocycles. The molecule has 0 aromatic heterocycles. The number of anilines is 1. The van der Waals surface area contributed by atoms with E-state index in [1.54, 1.807) is 18.2 Å². The predicted octanol–water partition coefficient (Wildman–Crippen LogP) is 3.90. The molecule has 0 saturated carbocycles. The first-order chi connectivity index (χ1) is 15.0. The maximum Gasteiger partial charge on any atom is 0.330 e. The van der Waals surface area contributed by atoms with Crippen molar-refractivity contribution in [1.82, 2.24) is 4.72 Å². The lowest BCUT2D eigenvalue weighted by Gasteiger charge is -2.19. The number of aliphatic hydroxyl groups is 1. The molecule has 0 saturated heterocycles. The molecule has 1 heterocycles. The van der Waals surface area contributed by atoms with Crippen LogP contribution in [0.3, 0.4) is 0 Å². The van der Waals surface area contributed by atoms with Crippen LogP contribution in [0.2, 0.25) is 0 Å². The van der Waals surface area contributed by atoms with Gasteiger partial charge < -0.3 is 14.6 Å². The molecule has 3 aromatic carbocycles. The summed E-state index contributed by atoms with van der Waals surface area (Å²) in [6.07, 6.45) is 1.83. The minimum Gasteiger partial charge on any atom is -0.493 e. The van der Waals surface area contributed by atoms with Crippen LogP contribution in [0.1, 0.15) is 11.1 Å². The molecule has 0 bridgehead atoms. The second-order valence-corrected chi connectivity index (χ2v) is 8.45. The van der Waals surface area contributed by atoms with E-state index in [0.29, 0.717) is 18.1 Å². The Morgan fingerprint density at radius 1 is 0.871 bits per heavy atom. The molecule has 8 heteroatoms. The lowest BCUT2D eigenvalue weighted by molar-refractivity contribution is 0.297. The minimum atomic E-state index is -3.94. The third kappa shape index (κ3) is 5.10. The Balaban J connectivity index is 1.55. The van der Waals surface area contributed by atoms with Crippen LogP contribution in [0.4, 0.5) is 5.69 Å². The van der Waals surface area contributed by atoms with Crippen LogP contribution < -0.4 is 18.5 Å². The number of rotatable bonds is 8. The van der Waals surface area contributed by atoms with Gasteiger partial charge in [0, 0.05) is 12.5 Å². The van der Waals surface area contributed by atoms with E-state index in [4.69, 9.17) is 9.47 Å². The molecule has 0 aliphatic carbocycles. The maximum absolute atomic E-state index is 12.3. The predicted molar refractivity (Wildman–Crippen MR) is 118 cm³/mol. The van der Waals surface area contributed by atoms with Gasteiger partial charge in [-0.3, -0.25) is 0 Å². The first kappa shape index (κ1) is 20.6. The average molecular weight is 439 g/mol. The number of nitrogens with zero attached hydrogens (tertiary/aromatic N) is 1. The number of aliphatic hydroxyl groups excluding tert-OH is 1. The molecule has 0 atom stereocenters. The summed E-state index contributed by atoms with van der Waals surface area (Å²) in [6.45, 7) is 0.712. The van der Waals surface area contributed by atoms with Crippen molar-refractivity contribution in [1.29, 1.82) is 0 Å². The SMILES string of the molecule is O=S1(=O)NC(O)=CN1c1ccc(OCCc2ccccc2)cc1OCc1ccccc1. The fourth-order valence-corrected chi connectivity index (χ4v) is 4.20. The summed E-state index contributed by atoms with van der Waals surface area (Å²) in [5, 5.41) is 9.64. The maximum atomic E-state index is 12.3. The van der Waals surface area contributed by atoms with E-state index >= 15 is 0 Å². The Hall–Kier alpha value is -3.65. The highest BCUT2D eigenvalue weighted by Crippen LogP contribution is 2.36. The van der Waals surface area contributed by atoms with Gasteiger partial charge in [0.25, 0.3) is 0 Å². The summed E-state index contributed by atoms with van der Waals surface area (Å²) in [4.78, 5) is 0.